The minimum atomic E-state index is -0.806. The number of alkyl carbamates (subject to hydrolysis) is 1. The summed E-state index contributed by atoms with van der Waals surface area (Å²) in [5, 5.41) is 2.53. The first-order chi connectivity index (χ1) is 9.26. The van der Waals surface area contributed by atoms with Crippen molar-refractivity contribution in [3.63, 3.8) is 0 Å². The fourth-order valence-electron chi connectivity index (χ4n) is 1.72. The van der Waals surface area contributed by atoms with Crippen LogP contribution in [0.5, 0.6) is 5.75 Å². The van der Waals surface area contributed by atoms with Crippen molar-refractivity contribution in [3.05, 3.63) is 29.3 Å². The van der Waals surface area contributed by atoms with Crippen molar-refractivity contribution < 1.29 is 19.1 Å². The summed E-state index contributed by atoms with van der Waals surface area (Å²) in [4.78, 5) is 23.0. The second-order valence-corrected chi connectivity index (χ2v) is 5.51. The van der Waals surface area contributed by atoms with Gasteiger partial charge in [-0.3, -0.25) is 0 Å². The largest absolute Gasteiger partial charge is 0.496 e. The van der Waals surface area contributed by atoms with Crippen molar-refractivity contribution in [1.29, 1.82) is 0 Å². The van der Waals surface area contributed by atoms with E-state index in [9.17, 15) is 9.59 Å². The van der Waals surface area contributed by atoms with Crippen molar-refractivity contribution in [2.24, 2.45) is 0 Å². The molecule has 0 aliphatic heterocycles. The highest BCUT2D eigenvalue weighted by molar-refractivity contribution is 5.75. The van der Waals surface area contributed by atoms with Crippen LogP contribution in [-0.2, 0) is 9.53 Å². The van der Waals surface area contributed by atoms with Crippen LogP contribution in [0.4, 0.5) is 4.79 Å². The van der Waals surface area contributed by atoms with Gasteiger partial charge in [-0.05, 0) is 39.8 Å². The zero-order chi connectivity index (χ0) is 15.3. The molecular formula is C15H21NO4. The van der Waals surface area contributed by atoms with Crippen LogP contribution in [0.25, 0.3) is 0 Å². The molecule has 5 heteroatoms. The number of carbonyl (C=O) groups excluding carboxylic acids is 2. The standard InChI is InChI=1S/C15H21NO4/c1-10-6-7-13(19-5)11(8-10)12(9-17)16-14(18)20-15(2,3)4/h6-9,12H,1-5H3,(H,16,18). The predicted octanol–water partition coefficient (Wildman–Crippen LogP) is 2.77. The summed E-state index contributed by atoms with van der Waals surface area (Å²) in [6, 6.07) is 4.63. The second kappa shape index (κ2) is 6.41. The summed E-state index contributed by atoms with van der Waals surface area (Å²) in [6.07, 6.45) is 0.0134. The van der Waals surface area contributed by atoms with Crippen LogP contribution in [0.3, 0.4) is 0 Å². The Morgan fingerprint density at radius 1 is 1.35 bits per heavy atom. The zero-order valence-electron chi connectivity index (χ0n) is 12.5. The number of rotatable bonds is 4. The van der Waals surface area contributed by atoms with Gasteiger partial charge in [-0.1, -0.05) is 11.6 Å². The Balaban J connectivity index is 2.94. The topological polar surface area (TPSA) is 64.6 Å². The highest BCUT2D eigenvalue weighted by atomic mass is 16.6. The smallest absolute Gasteiger partial charge is 0.408 e. The summed E-state index contributed by atoms with van der Waals surface area (Å²) in [7, 11) is 1.52. The average molecular weight is 279 g/mol. The van der Waals surface area contributed by atoms with Crippen molar-refractivity contribution in [2.45, 2.75) is 39.3 Å². The van der Waals surface area contributed by atoms with E-state index in [4.69, 9.17) is 9.47 Å². The summed E-state index contributed by atoms with van der Waals surface area (Å²) in [5.74, 6) is 0.545. The number of aryl methyl sites for hydroxylation is 1. The van der Waals surface area contributed by atoms with Crippen LogP contribution in [0.1, 0.15) is 37.9 Å². The van der Waals surface area contributed by atoms with E-state index in [2.05, 4.69) is 5.32 Å². The fraction of sp³-hybridized carbons (Fsp3) is 0.467. The molecular weight excluding hydrogens is 258 g/mol. The first-order valence-corrected chi connectivity index (χ1v) is 6.36. The Hall–Kier alpha value is -2.04. The van der Waals surface area contributed by atoms with E-state index in [0.717, 1.165) is 5.56 Å². The fourth-order valence-corrected chi connectivity index (χ4v) is 1.72. The number of methoxy groups -OCH3 is 1. The molecule has 1 amide bonds. The van der Waals surface area contributed by atoms with Gasteiger partial charge in [-0.15, -0.1) is 0 Å². The lowest BCUT2D eigenvalue weighted by atomic mass is 10.0. The van der Waals surface area contributed by atoms with Gasteiger partial charge in [0.25, 0.3) is 0 Å². The highest BCUT2D eigenvalue weighted by Crippen LogP contribution is 2.25. The number of carbonyl (C=O) groups is 2. The van der Waals surface area contributed by atoms with Gasteiger partial charge in [0, 0.05) is 5.56 Å². The number of ether oxygens (including phenoxy) is 2. The molecule has 20 heavy (non-hydrogen) atoms. The average Bonchev–Trinajstić information content (AvgIpc) is 2.33. The number of nitrogens with one attached hydrogen (secondary N) is 1. The molecule has 0 saturated heterocycles. The first kappa shape index (κ1) is 16.0. The summed E-state index contributed by atoms with van der Waals surface area (Å²) < 4.78 is 10.4. The molecule has 0 bridgehead atoms. The molecule has 0 aliphatic rings. The normalized spacial score (nSPS) is 12.4. The Kier molecular flexibility index (Phi) is 5.13. The molecule has 1 N–H and O–H groups in total. The van der Waals surface area contributed by atoms with Gasteiger partial charge in [0.15, 0.2) is 0 Å². The minimum absolute atomic E-state index is 0.545. The summed E-state index contributed by atoms with van der Waals surface area (Å²) in [6.45, 7) is 7.18. The van der Waals surface area contributed by atoms with E-state index in [1.807, 2.05) is 13.0 Å². The molecule has 0 spiro atoms. The van der Waals surface area contributed by atoms with Crippen LogP contribution >= 0.6 is 0 Å². The van der Waals surface area contributed by atoms with Crippen molar-refractivity contribution >= 4 is 12.4 Å². The summed E-state index contributed by atoms with van der Waals surface area (Å²) in [5.41, 5.74) is 0.959. The molecule has 1 atom stereocenters. The minimum Gasteiger partial charge on any atom is -0.496 e. The molecule has 0 heterocycles. The quantitative estimate of drug-likeness (QED) is 0.861. The molecule has 0 radical (unpaired) electrons. The molecule has 0 aromatic heterocycles. The Morgan fingerprint density at radius 3 is 2.50 bits per heavy atom. The molecule has 1 rings (SSSR count). The molecule has 1 aromatic rings. The number of hydrogen-bond donors (Lipinski definition) is 1. The van der Waals surface area contributed by atoms with Crippen LogP contribution < -0.4 is 10.1 Å². The maximum absolute atomic E-state index is 11.8. The number of benzene rings is 1. The zero-order valence-corrected chi connectivity index (χ0v) is 12.5. The maximum atomic E-state index is 11.8. The van der Waals surface area contributed by atoms with Crippen LogP contribution in [0, 0.1) is 6.92 Å². The van der Waals surface area contributed by atoms with E-state index in [1.54, 1.807) is 32.9 Å². The lowest BCUT2D eigenvalue weighted by Crippen LogP contribution is -2.35. The van der Waals surface area contributed by atoms with Gasteiger partial charge in [0.1, 0.15) is 23.7 Å². The molecule has 5 nitrogen and oxygen atoms in total. The third-order valence-corrected chi connectivity index (χ3v) is 2.53. The van der Waals surface area contributed by atoms with Gasteiger partial charge in [0.05, 0.1) is 7.11 Å². The Labute approximate surface area is 119 Å². The lowest BCUT2D eigenvalue weighted by Gasteiger charge is -2.22. The molecule has 0 fully saturated rings. The van der Waals surface area contributed by atoms with Crippen molar-refractivity contribution in [3.8, 4) is 5.75 Å². The Morgan fingerprint density at radius 2 is 2.00 bits per heavy atom. The molecule has 110 valence electrons. The van der Waals surface area contributed by atoms with E-state index in [0.29, 0.717) is 17.6 Å². The Bertz CT molecular complexity index is 491. The van der Waals surface area contributed by atoms with Crippen LogP contribution in [0.15, 0.2) is 18.2 Å². The van der Waals surface area contributed by atoms with Gasteiger partial charge < -0.3 is 19.6 Å². The molecule has 1 aromatic carbocycles. The third kappa shape index (κ3) is 4.57. The van der Waals surface area contributed by atoms with Crippen molar-refractivity contribution in [2.75, 3.05) is 7.11 Å². The van der Waals surface area contributed by atoms with E-state index >= 15 is 0 Å². The second-order valence-electron chi connectivity index (χ2n) is 5.51. The molecule has 1 unspecified atom stereocenters. The predicted molar refractivity (Wildman–Crippen MR) is 75.9 cm³/mol. The van der Waals surface area contributed by atoms with E-state index < -0.39 is 17.7 Å². The monoisotopic (exact) mass is 279 g/mol. The summed E-state index contributed by atoms with van der Waals surface area (Å²) >= 11 is 0. The molecule has 0 aliphatic carbocycles. The SMILES string of the molecule is COc1ccc(C)cc1C(C=O)NC(=O)OC(C)(C)C. The third-order valence-electron chi connectivity index (χ3n) is 2.53. The first-order valence-electron chi connectivity index (χ1n) is 6.36. The van der Waals surface area contributed by atoms with Gasteiger partial charge in [0.2, 0.25) is 0 Å². The maximum Gasteiger partial charge on any atom is 0.408 e. The van der Waals surface area contributed by atoms with Crippen molar-refractivity contribution in [1.82, 2.24) is 5.32 Å². The van der Waals surface area contributed by atoms with E-state index in [1.165, 1.54) is 7.11 Å². The van der Waals surface area contributed by atoms with E-state index in [-0.39, 0.29) is 0 Å². The van der Waals surface area contributed by atoms with Gasteiger partial charge in [-0.2, -0.15) is 0 Å². The number of amides is 1. The highest BCUT2D eigenvalue weighted by Gasteiger charge is 2.22. The molecule has 0 saturated carbocycles. The van der Waals surface area contributed by atoms with Gasteiger partial charge in [-0.25, -0.2) is 4.79 Å². The number of aldehydes is 1. The van der Waals surface area contributed by atoms with Crippen LogP contribution in [0.2, 0.25) is 0 Å². The lowest BCUT2D eigenvalue weighted by molar-refractivity contribution is -0.109. The van der Waals surface area contributed by atoms with Crippen LogP contribution in [-0.4, -0.2) is 25.1 Å². The number of hydrogen-bond acceptors (Lipinski definition) is 4. The van der Waals surface area contributed by atoms with Gasteiger partial charge >= 0.3 is 6.09 Å².